The van der Waals surface area contributed by atoms with Crippen LogP contribution in [-0.4, -0.2) is 104 Å². The van der Waals surface area contributed by atoms with E-state index in [0.29, 0.717) is 60.2 Å². The first-order valence-corrected chi connectivity index (χ1v) is 21.9. The lowest BCUT2D eigenvalue weighted by atomic mass is 9.80. The van der Waals surface area contributed by atoms with Crippen LogP contribution in [0.1, 0.15) is 100 Å². The summed E-state index contributed by atoms with van der Waals surface area (Å²) in [6.45, 7) is 15.7. The predicted octanol–water partition coefficient (Wildman–Crippen LogP) is 7.51. The van der Waals surface area contributed by atoms with Gasteiger partial charge in [-0.25, -0.2) is 4.98 Å². The maximum absolute atomic E-state index is 13.7. The maximum Gasteiger partial charge on any atom is 0.295 e. The summed E-state index contributed by atoms with van der Waals surface area (Å²) >= 11 is 0. The van der Waals surface area contributed by atoms with Crippen LogP contribution < -0.4 is 20.7 Å². The van der Waals surface area contributed by atoms with E-state index < -0.39 is 11.8 Å². The van der Waals surface area contributed by atoms with Crippen LogP contribution in [0.4, 0.5) is 22.9 Å². The lowest BCUT2D eigenvalue weighted by Crippen LogP contribution is -2.27. The van der Waals surface area contributed by atoms with Gasteiger partial charge in [0.2, 0.25) is 11.7 Å². The molecule has 18 nitrogen and oxygen atoms in total. The average Bonchev–Trinajstić information content (AvgIpc) is 4.15. The molecule has 3 N–H and O–H groups in total. The van der Waals surface area contributed by atoms with Crippen LogP contribution in [0.3, 0.4) is 0 Å². The third kappa shape index (κ3) is 11.4. The molecular weight excluding hydrogens is 855 g/mol. The number of aliphatic imine (C=N–C) groups is 1. The van der Waals surface area contributed by atoms with Gasteiger partial charge in [-0.15, -0.1) is 0 Å². The molecule has 2 aromatic carbocycles. The highest BCUT2D eigenvalue weighted by Crippen LogP contribution is 2.32. The molecule has 4 aromatic heterocycles. The van der Waals surface area contributed by atoms with Crippen molar-refractivity contribution in [3.8, 4) is 5.75 Å². The summed E-state index contributed by atoms with van der Waals surface area (Å²) in [7, 11) is 8.20. The Kier molecular flexibility index (Phi) is 15.4. The minimum atomic E-state index is -0.515. The van der Waals surface area contributed by atoms with E-state index >= 15 is 0 Å². The van der Waals surface area contributed by atoms with Gasteiger partial charge in [0.15, 0.2) is 5.82 Å². The minimum absolute atomic E-state index is 0.0463. The van der Waals surface area contributed by atoms with Crippen LogP contribution in [0.5, 0.6) is 5.75 Å². The van der Waals surface area contributed by atoms with Gasteiger partial charge in [0.25, 0.3) is 23.6 Å². The number of methoxy groups -OCH3 is 2. The van der Waals surface area contributed by atoms with E-state index in [1.54, 1.807) is 98.4 Å². The Balaban J connectivity index is 0.000000343. The van der Waals surface area contributed by atoms with Crippen molar-refractivity contribution < 1.29 is 33.4 Å². The van der Waals surface area contributed by atoms with E-state index in [1.165, 1.54) is 15.3 Å². The van der Waals surface area contributed by atoms with Crippen molar-refractivity contribution in [3.05, 3.63) is 114 Å². The first kappa shape index (κ1) is 48.8. The van der Waals surface area contributed by atoms with Gasteiger partial charge in [-0.3, -0.25) is 29.0 Å². The molecule has 0 unspecified atom stereocenters. The standard InChI is InChI=1S/C35H43N9O5.C14H16N2O2/c1-8-13-35(2,3)23-12-11-22-18-36-44(26(22)15-23)34(48)28-17-25(20-42(28)5)37-32(46)27-16-24(19-41(27)4)38-33(47)31-40-29(21-43(31)6)39-30(45)10-9-14-49-7;1-10-6-7-16(9-10)14(17)12-8-11(18-3)4-5-13(12)15-2/h11-12,15-21H,8-10,13-14H2,1-7H3,(H,37,46)(H,38,47)(H,39,45);4-5,8H,1-2,6-7,9H2,3H3. The number of rotatable bonds is 16. The van der Waals surface area contributed by atoms with E-state index in [1.807, 2.05) is 12.1 Å². The fraction of sp³-hybridized carbons (Fsp3) is 0.347. The molecule has 6 aromatic rings. The second-order valence-electron chi connectivity index (χ2n) is 17.1. The first-order chi connectivity index (χ1) is 32.0. The summed E-state index contributed by atoms with van der Waals surface area (Å²) in [4.78, 5) is 74.5. The molecule has 7 rings (SSSR count). The topological polar surface area (TPSA) is 201 Å². The molecule has 0 atom stereocenters. The molecule has 1 aliphatic rings. The van der Waals surface area contributed by atoms with Crippen molar-refractivity contribution in [3.63, 3.8) is 0 Å². The van der Waals surface area contributed by atoms with Gasteiger partial charge in [-0.1, -0.05) is 51.5 Å². The van der Waals surface area contributed by atoms with Crippen LogP contribution in [-0.2, 0) is 36.1 Å². The molecule has 67 heavy (non-hydrogen) atoms. The Hall–Kier alpha value is -7.60. The van der Waals surface area contributed by atoms with Crippen LogP contribution >= 0.6 is 0 Å². The zero-order valence-corrected chi connectivity index (χ0v) is 39.4. The van der Waals surface area contributed by atoms with Crippen LogP contribution in [0.15, 0.2) is 90.5 Å². The lowest BCUT2D eigenvalue weighted by molar-refractivity contribution is -0.116. The summed E-state index contributed by atoms with van der Waals surface area (Å²) in [6, 6.07) is 14.5. The fourth-order valence-electron chi connectivity index (χ4n) is 7.90. The largest absolute Gasteiger partial charge is 0.497 e. The molecule has 0 saturated carbocycles. The minimum Gasteiger partial charge on any atom is -0.497 e. The van der Waals surface area contributed by atoms with Gasteiger partial charge in [0, 0.05) is 78.3 Å². The highest BCUT2D eigenvalue weighted by molar-refractivity contribution is 6.07. The van der Waals surface area contributed by atoms with Crippen molar-refractivity contribution >= 4 is 70.0 Å². The quantitative estimate of drug-likeness (QED) is 0.0499. The number of carbonyl (C=O) groups is 5. The molecule has 18 heteroatoms. The van der Waals surface area contributed by atoms with Gasteiger partial charge in [-0.2, -0.15) is 9.78 Å². The molecule has 0 spiro atoms. The van der Waals surface area contributed by atoms with Gasteiger partial charge in [0.1, 0.15) is 17.1 Å². The SMILES string of the molecule is C=Nc1ccc(OC)cc1C(=O)N1CCC(=C)C1.CCCC(C)(C)c1ccc2cnn(C(=O)c3cc(NC(=O)c4cc(NC(=O)c5nc(NC(=O)CCCOC)cn5C)cn4C)cn3C)c2c1. The Labute approximate surface area is 389 Å². The molecular formula is C49H59N11O7. The molecule has 5 heterocycles. The number of carbonyl (C=O) groups excluding carboxylic acids is 5. The number of hydrogen-bond donors (Lipinski definition) is 3. The van der Waals surface area contributed by atoms with E-state index in [0.717, 1.165) is 41.3 Å². The van der Waals surface area contributed by atoms with E-state index in [-0.39, 0.29) is 46.9 Å². The van der Waals surface area contributed by atoms with Gasteiger partial charge < -0.3 is 44.0 Å². The second kappa shape index (κ2) is 21.1. The maximum atomic E-state index is 13.7. The molecule has 4 amide bonds. The zero-order chi connectivity index (χ0) is 48.6. The summed E-state index contributed by atoms with van der Waals surface area (Å²) < 4.78 is 16.2. The number of nitrogens with one attached hydrogen (secondary N) is 3. The van der Waals surface area contributed by atoms with Crippen molar-refractivity contribution in [1.82, 2.24) is 33.4 Å². The van der Waals surface area contributed by atoms with Crippen molar-refractivity contribution in [2.45, 2.75) is 58.3 Å². The van der Waals surface area contributed by atoms with Crippen molar-refractivity contribution in [2.24, 2.45) is 26.1 Å². The number of anilines is 3. The monoisotopic (exact) mass is 913 g/mol. The molecule has 1 fully saturated rings. The van der Waals surface area contributed by atoms with E-state index in [9.17, 15) is 24.0 Å². The third-order valence-electron chi connectivity index (χ3n) is 11.5. The number of nitrogens with zero attached hydrogens (tertiary/aromatic N) is 8. The molecule has 1 saturated heterocycles. The van der Waals surface area contributed by atoms with Crippen molar-refractivity contribution in [1.29, 1.82) is 0 Å². The fourth-order valence-corrected chi connectivity index (χ4v) is 7.90. The van der Waals surface area contributed by atoms with Gasteiger partial charge >= 0.3 is 0 Å². The zero-order valence-electron chi connectivity index (χ0n) is 39.4. The number of likely N-dealkylation sites (tertiary alicyclic amines) is 1. The average molecular weight is 914 g/mol. The Morgan fingerprint density at radius 1 is 0.851 bits per heavy atom. The first-order valence-electron chi connectivity index (χ1n) is 21.9. The van der Waals surface area contributed by atoms with E-state index in [2.05, 4.69) is 71.2 Å². The summed E-state index contributed by atoms with van der Waals surface area (Å²) in [5, 5.41) is 13.5. The number of aryl methyl sites for hydroxylation is 3. The Bertz CT molecular complexity index is 2840. The van der Waals surface area contributed by atoms with Crippen LogP contribution in [0.2, 0.25) is 0 Å². The smallest absolute Gasteiger partial charge is 0.295 e. The number of imidazole rings is 1. The highest BCUT2D eigenvalue weighted by atomic mass is 16.5. The number of fused-ring (bicyclic) bond motifs is 1. The molecule has 0 bridgehead atoms. The molecule has 0 aliphatic carbocycles. The lowest BCUT2D eigenvalue weighted by Gasteiger charge is -2.24. The normalized spacial score (nSPS) is 12.4. The number of amides is 4. The van der Waals surface area contributed by atoms with Gasteiger partial charge in [0.05, 0.1) is 41.4 Å². The molecule has 352 valence electrons. The number of aromatic nitrogens is 6. The van der Waals surface area contributed by atoms with Crippen LogP contribution in [0, 0.1) is 0 Å². The number of hydrogen-bond acceptors (Lipinski definition) is 10. The Morgan fingerprint density at radius 3 is 2.21 bits per heavy atom. The summed E-state index contributed by atoms with van der Waals surface area (Å²) in [5.74, 6) is -0.575. The summed E-state index contributed by atoms with van der Waals surface area (Å²) in [5.41, 5.74) is 5.43. The van der Waals surface area contributed by atoms with Crippen molar-refractivity contribution in [2.75, 3.05) is 49.9 Å². The van der Waals surface area contributed by atoms with Gasteiger partial charge in [-0.05, 0) is 73.4 Å². The Morgan fingerprint density at radius 2 is 1.55 bits per heavy atom. The molecule has 0 radical (unpaired) electrons. The predicted molar refractivity (Wildman–Crippen MR) is 259 cm³/mol. The molecule has 1 aliphatic heterocycles. The number of benzene rings is 2. The second-order valence-corrected chi connectivity index (χ2v) is 17.1. The number of ether oxygens (including phenoxy) is 2. The highest BCUT2D eigenvalue weighted by Gasteiger charge is 2.26. The third-order valence-corrected chi connectivity index (χ3v) is 11.5. The van der Waals surface area contributed by atoms with E-state index in [4.69, 9.17) is 9.47 Å². The summed E-state index contributed by atoms with van der Waals surface area (Å²) in [6.07, 6.45) is 10.2. The van der Waals surface area contributed by atoms with Crippen LogP contribution in [0.25, 0.3) is 10.9 Å².